The highest BCUT2D eigenvalue weighted by Crippen LogP contribution is 2.45. The van der Waals surface area contributed by atoms with E-state index in [1.54, 1.807) is 4.90 Å². The fourth-order valence-electron chi connectivity index (χ4n) is 5.38. The smallest absolute Gasteiger partial charge is 0.255 e. The van der Waals surface area contributed by atoms with Gasteiger partial charge in [-0.3, -0.25) is 29.6 Å². The number of hydrogen-bond donors (Lipinski definition) is 1. The Bertz CT molecular complexity index is 1110. The molecule has 1 aromatic heterocycles. The van der Waals surface area contributed by atoms with Gasteiger partial charge in [-0.15, -0.1) is 0 Å². The normalized spacial score (nSPS) is 27.3. The molecule has 1 aromatic carbocycles. The van der Waals surface area contributed by atoms with E-state index in [2.05, 4.69) is 27.3 Å². The van der Waals surface area contributed by atoms with E-state index >= 15 is 0 Å². The molecule has 0 spiro atoms. The number of carbonyl (C=O) groups is 3. The maximum absolute atomic E-state index is 12.9. The number of benzene rings is 1. The third-order valence-electron chi connectivity index (χ3n) is 7.17. The van der Waals surface area contributed by atoms with E-state index in [0.717, 1.165) is 35.3 Å². The number of fused-ring (bicyclic) bond motifs is 2. The van der Waals surface area contributed by atoms with Gasteiger partial charge in [-0.2, -0.15) is 0 Å². The predicted molar refractivity (Wildman–Crippen MR) is 113 cm³/mol. The van der Waals surface area contributed by atoms with Crippen molar-refractivity contribution in [3.05, 3.63) is 53.2 Å². The maximum Gasteiger partial charge on any atom is 0.255 e. The van der Waals surface area contributed by atoms with Gasteiger partial charge in [0.05, 0.1) is 5.69 Å². The molecule has 4 heterocycles. The van der Waals surface area contributed by atoms with Crippen LogP contribution in [0.15, 0.2) is 36.5 Å². The van der Waals surface area contributed by atoms with Crippen LogP contribution in [0.25, 0.3) is 11.3 Å². The molecule has 0 radical (unpaired) electrons. The monoisotopic (exact) mass is 416 g/mol. The van der Waals surface area contributed by atoms with Crippen LogP contribution in [0.5, 0.6) is 0 Å². The minimum atomic E-state index is -0.589. The van der Waals surface area contributed by atoms with Crippen molar-refractivity contribution >= 4 is 17.7 Å². The summed E-state index contributed by atoms with van der Waals surface area (Å²) in [4.78, 5) is 45.3. The third-order valence-corrected chi connectivity index (χ3v) is 7.17. The molecule has 3 atom stereocenters. The van der Waals surface area contributed by atoms with Crippen LogP contribution in [0, 0.1) is 5.92 Å². The molecule has 4 aliphatic rings. The Morgan fingerprint density at radius 2 is 2.00 bits per heavy atom. The number of nitrogens with zero attached hydrogens (tertiary/aromatic N) is 3. The fourth-order valence-corrected chi connectivity index (χ4v) is 5.38. The molecule has 6 rings (SSSR count). The van der Waals surface area contributed by atoms with Crippen LogP contribution in [-0.4, -0.2) is 51.1 Å². The molecule has 3 aliphatic heterocycles. The first-order valence-electron chi connectivity index (χ1n) is 11.0. The first-order chi connectivity index (χ1) is 15.1. The van der Waals surface area contributed by atoms with Gasteiger partial charge >= 0.3 is 0 Å². The Hall–Kier alpha value is -3.06. The summed E-state index contributed by atoms with van der Waals surface area (Å²) in [6.07, 6.45) is 5.17. The predicted octanol–water partition coefficient (Wildman–Crippen LogP) is 2.10. The second-order valence-corrected chi connectivity index (χ2v) is 9.14. The molecule has 2 saturated heterocycles. The van der Waals surface area contributed by atoms with Crippen LogP contribution < -0.4 is 5.32 Å². The number of aromatic nitrogens is 1. The van der Waals surface area contributed by atoms with Crippen molar-refractivity contribution in [3.63, 3.8) is 0 Å². The molecule has 3 unspecified atom stereocenters. The number of likely N-dealkylation sites (tertiary alicyclic amines) is 1. The molecular weight excluding hydrogens is 392 g/mol. The molecule has 1 saturated carbocycles. The average molecular weight is 416 g/mol. The molecule has 0 bridgehead atoms. The van der Waals surface area contributed by atoms with Gasteiger partial charge in [-0.05, 0) is 67.1 Å². The van der Waals surface area contributed by atoms with Crippen molar-refractivity contribution in [2.45, 2.75) is 50.9 Å². The summed E-state index contributed by atoms with van der Waals surface area (Å²) < 4.78 is 0. The number of amides is 3. The number of carbonyl (C=O) groups excluding carboxylic acids is 3. The van der Waals surface area contributed by atoms with Crippen molar-refractivity contribution in [1.82, 2.24) is 20.1 Å². The van der Waals surface area contributed by atoms with Crippen LogP contribution in [0.2, 0.25) is 0 Å². The lowest BCUT2D eigenvalue weighted by atomic mass is 10.0. The van der Waals surface area contributed by atoms with Gasteiger partial charge in [0.15, 0.2) is 0 Å². The Labute approximate surface area is 180 Å². The van der Waals surface area contributed by atoms with Crippen molar-refractivity contribution in [1.29, 1.82) is 0 Å². The van der Waals surface area contributed by atoms with E-state index in [1.807, 2.05) is 24.4 Å². The summed E-state index contributed by atoms with van der Waals surface area (Å²) in [7, 11) is 0. The molecule has 2 aromatic rings. The fraction of sp³-hybridized carbons (Fsp3) is 0.417. The Morgan fingerprint density at radius 1 is 1.10 bits per heavy atom. The van der Waals surface area contributed by atoms with Gasteiger partial charge in [0.2, 0.25) is 11.8 Å². The van der Waals surface area contributed by atoms with E-state index in [9.17, 15) is 14.4 Å². The van der Waals surface area contributed by atoms with E-state index in [0.29, 0.717) is 18.5 Å². The molecule has 31 heavy (non-hydrogen) atoms. The van der Waals surface area contributed by atoms with E-state index in [1.165, 1.54) is 24.9 Å². The largest absolute Gasteiger partial charge is 0.322 e. The standard InChI is InChI=1S/C24H24N4O3/c29-22-4-3-20(23(30)26-22)28-13-17-10-15(1-2-18(17)24(28)31)19-9-14(5-7-25-19)12-27-8-6-16-11-21(16)27/h1-2,5,7,9-10,16,20-21H,3-4,6,8,11-13H2,(H,26,29,30). The zero-order chi connectivity index (χ0) is 21.1. The molecule has 3 fully saturated rings. The second-order valence-electron chi connectivity index (χ2n) is 9.14. The lowest BCUT2D eigenvalue weighted by Crippen LogP contribution is -2.52. The third kappa shape index (κ3) is 3.24. The van der Waals surface area contributed by atoms with Gasteiger partial charge in [0.1, 0.15) is 6.04 Å². The van der Waals surface area contributed by atoms with Crippen molar-refractivity contribution in [2.75, 3.05) is 6.54 Å². The number of nitrogens with one attached hydrogen (secondary N) is 1. The average Bonchev–Trinajstić information content (AvgIpc) is 3.34. The second kappa shape index (κ2) is 6.99. The molecule has 1 aliphatic carbocycles. The number of pyridine rings is 1. The van der Waals surface area contributed by atoms with Crippen molar-refractivity contribution in [3.8, 4) is 11.3 Å². The Kier molecular flexibility index (Phi) is 4.21. The first kappa shape index (κ1) is 18.7. The summed E-state index contributed by atoms with van der Waals surface area (Å²) >= 11 is 0. The summed E-state index contributed by atoms with van der Waals surface area (Å²) in [6.45, 7) is 2.53. The topological polar surface area (TPSA) is 82.6 Å². The Balaban J connectivity index is 1.22. The van der Waals surface area contributed by atoms with Crippen LogP contribution in [0.4, 0.5) is 0 Å². The van der Waals surface area contributed by atoms with Gasteiger partial charge in [0.25, 0.3) is 5.91 Å². The van der Waals surface area contributed by atoms with Gasteiger partial charge in [-0.25, -0.2) is 0 Å². The van der Waals surface area contributed by atoms with E-state index in [4.69, 9.17) is 0 Å². The SMILES string of the molecule is O=C1CCC(N2Cc3cc(-c4cc(CN5CCC6CC65)ccn4)ccc3C2=O)C(=O)N1. The van der Waals surface area contributed by atoms with Crippen LogP contribution in [0.1, 0.15) is 47.2 Å². The quantitative estimate of drug-likeness (QED) is 0.772. The van der Waals surface area contributed by atoms with Crippen LogP contribution in [0.3, 0.4) is 0 Å². The number of hydrogen-bond acceptors (Lipinski definition) is 5. The summed E-state index contributed by atoms with van der Waals surface area (Å²) in [5.41, 5.74) is 4.67. The molecule has 3 amide bonds. The summed E-state index contributed by atoms with van der Waals surface area (Å²) in [6, 6.07) is 10.2. The molecule has 7 nitrogen and oxygen atoms in total. The highest BCUT2D eigenvalue weighted by atomic mass is 16.2. The molecular formula is C24H24N4O3. The van der Waals surface area contributed by atoms with Gasteiger partial charge < -0.3 is 4.90 Å². The number of rotatable bonds is 4. The lowest BCUT2D eigenvalue weighted by molar-refractivity contribution is -0.136. The zero-order valence-corrected chi connectivity index (χ0v) is 17.2. The van der Waals surface area contributed by atoms with Crippen molar-refractivity contribution in [2.24, 2.45) is 5.92 Å². The highest BCUT2D eigenvalue weighted by Gasteiger charge is 2.46. The Morgan fingerprint density at radius 3 is 2.77 bits per heavy atom. The van der Waals surface area contributed by atoms with Crippen LogP contribution in [-0.2, 0) is 22.7 Å². The zero-order valence-electron chi connectivity index (χ0n) is 17.2. The summed E-state index contributed by atoms with van der Waals surface area (Å²) in [5, 5.41) is 2.35. The molecule has 1 N–H and O–H groups in total. The van der Waals surface area contributed by atoms with E-state index < -0.39 is 6.04 Å². The minimum absolute atomic E-state index is 0.147. The number of imide groups is 1. The molecule has 158 valence electrons. The summed E-state index contributed by atoms with van der Waals surface area (Å²) in [5.74, 6) is 0.116. The lowest BCUT2D eigenvalue weighted by Gasteiger charge is -2.29. The first-order valence-corrected chi connectivity index (χ1v) is 11.0. The van der Waals surface area contributed by atoms with Crippen molar-refractivity contribution < 1.29 is 14.4 Å². The highest BCUT2D eigenvalue weighted by molar-refractivity contribution is 6.05. The number of piperidine rings is 2. The minimum Gasteiger partial charge on any atom is -0.322 e. The molecule has 7 heteroatoms. The van der Waals surface area contributed by atoms with Gasteiger partial charge in [-0.1, -0.05) is 6.07 Å². The maximum atomic E-state index is 12.9. The van der Waals surface area contributed by atoms with Gasteiger partial charge in [0, 0.05) is 42.9 Å². The van der Waals surface area contributed by atoms with Crippen LogP contribution >= 0.6 is 0 Å². The van der Waals surface area contributed by atoms with E-state index in [-0.39, 0.29) is 24.1 Å².